The molecule has 0 radical (unpaired) electrons. The Balaban J connectivity index is 1.52. The van der Waals surface area contributed by atoms with Crippen LogP contribution in [0.4, 0.5) is 5.69 Å². The Morgan fingerprint density at radius 2 is 1.68 bits per heavy atom. The van der Waals surface area contributed by atoms with E-state index in [4.69, 9.17) is 20.8 Å². The van der Waals surface area contributed by atoms with Crippen LogP contribution in [0.25, 0.3) is 11.1 Å². The van der Waals surface area contributed by atoms with Crippen LogP contribution in [-0.2, 0) is 6.54 Å². The smallest absolute Gasteiger partial charge is 0.270 e. The minimum Gasteiger partial charge on any atom is -0.457 e. The number of para-hydroxylation sites is 1. The van der Waals surface area contributed by atoms with Crippen LogP contribution in [0.2, 0.25) is 0 Å². The van der Waals surface area contributed by atoms with E-state index >= 15 is 0 Å². The Morgan fingerprint density at radius 3 is 2.35 bits per heavy atom. The van der Waals surface area contributed by atoms with Gasteiger partial charge < -0.3 is 15.0 Å². The molecule has 0 unspecified atom stereocenters. The number of amides is 1. The van der Waals surface area contributed by atoms with Gasteiger partial charge >= 0.3 is 0 Å². The lowest BCUT2D eigenvalue weighted by molar-refractivity contribution is 0.0725. The Kier molecular flexibility index (Phi) is 5.63. The summed E-state index contributed by atoms with van der Waals surface area (Å²) in [5.41, 5.74) is 8.39. The van der Waals surface area contributed by atoms with E-state index in [0.29, 0.717) is 22.8 Å². The zero-order valence-corrected chi connectivity index (χ0v) is 16.9. The van der Waals surface area contributed by atoms with E-state index in [-0.39, 0.29) is 12.4 Å². The highest BCUT2D eigenvalue weighted by Gasteiger charge is 2.19. The third kappa shape index (κ3) is 4.71. The summed E-state index contributed by atoms with van der Waals surface area (Å²) < 4.78 is 10.8. The minimum absolute atomic E-state index is 0.0190. The fourth-order valence-electron chi connectivity index (χ4n) is 3.04. The third-order valence-corrected chi connectivity index (χ3v) is 4.59. The summed E-state index contributed by atoms with van der Waals surface area (Å²) in [5.74, 6) is 7.67. The lowest BCUT2D eigenvalue weighted by atomic mass is 10.0. The lowest BCUT2D eigenvalue weighted by Gasteiger charge is -2.16. The van der Waals surface area contributed by atoms with E-state index in [0.717, 1.165) is 21.9 Å². The molecule has 0 aliphatic rings. The van der Waals surface area contributed by atoms with Gasteiger partial charge in [-0.15, -0.1) is 0 Å². The van der Waals surface area contributed by atoms with Gasteiger partial charge in [0, 0.05) is 5.69 Å². The van der Waals surface area contributed by atoms with Crippen molar-refractivity contribution in [1.29, 1.82) is 0 Å². The van der Waals surface area contributed by atoms with Crippen LogP contribution in [0.1, 0.15) is 22.1 Å². The van der Waals surface area contributed by atoms with Crippen molar-refractivity contribution < 1.29 is 14.1 Å². The number of anilines is 1. The van der Waals surface area contributed by atoms with E-state index in [2.05, 4.69) is 10.1 Å². The van der Waals surface area contributed by atoms with Gasteiger partial charge in [0.05, 0.1) is 5.56 Å². The number of carbonyl (C=O) groups excluding carboxylic acids is 1. The SMILES string of the molecule is Cc1noc(CN(N)C(=O)c2cc(-c3ccc(Oc4ccccc4)cc3)ccc2N)n1. The summed E-state index contributed by atoms with van der Waals surface area (Å²) in [6.07, 6.45) is 0. The molecule has 0 bridgehead atoms. The van der Waals surface area contributed by atoms with Gasteiger partial charge in [-0.2, -0.15) is 4.98 Å². The van der Waals surface area contributed by atoms with E-state index in [1.165, 1.54) is 0 Å². The quantitative estimate of drug-likeness (QED) is 0.212. The van der Waals surface area contributed by atoms with Gasteiger partial charge in [0.2, 0.25) is 5.89 Å². The van der Waals surface area contributed by atoms with Gasteiger partial charge in [0.15, 0.2) is 5.82 Å². The molecule has 8 nitrogen and oxygen atoms in total. The Labute approximate surface area is 179 Å². The molecule has 1 amide bonds. The maximum atomic E-state index is 12.8. The fraction of sp³-hybridized carbons (Fsp3) is 0.0870. The Bertz CT molecular complexity index is 1190. The first-order chi connectivity index (χ1) is 15.0. The number of benzene rings is 3. The molecule has 1 aromatic heterocycles. The molecule has 0 aliphatic heterocycles. The van der Waals surface area contributed by atoms with E-state index in [1.807, 2.05) is 60.7 Å². The molecule has 3 aromatic carbocycles. The molecule has 0 spiro atoms. The molecule has 4 aromatic rings. The zero-order chi connectivity index (χ0) is 21.8. The molecule has 0 aliphatic carbocycles. The topological polar surface area (TPSA) is 121 Å². The van der Waals surface area contributed by atoms with E-state index in [9.17, 15) is 4.79 Å². The largest absolute Gasteiger partial charge is 0.457 e. The van der Waals surface area contributed by atoms with Crippen LogP contribution in [0.5, 0.6) is 11.5 Å². The summed E-state index contributed by atoms with van der Waals surface area (Å²) in [6, 6.07) is 22.3. The standard InChI is InChI=1S/C23H21N5O3/c1-15-26-22(31-27-15)14-28(25)23(29)20-13-17(9-12-21(20)24)16-7-10-19(11-8-16)30-18-5-3-2-4-6-18/h2-13H,14,24-25H2,1H3. The first kappa shape index (κ1) is 20.1. The highest BCUT2D eigenvalue weighted by molar-refractivity contribution is 6.00. The van der Waals surface area contributed by atoms with Gasteiger partial charge in [0.1, 0.15) is 18.0 Å². The van der Waals surface area contributed by atoms with Crippen LogP contribution in [0.15, 0.2) is 77.3 Å². The van der Waals surface area contributed by atoms with Crippen LogP contribution >= 0.6 is 0 Å². The number of hydrazine groups is 1. The van der Waals surface area contributed by atoms with Crippen LogP contribution in [-0.4, -0.2) is 21.1 Å². The second-order valence-electron chi connectivity index (χ2n) is 6.91. The summed E-state index contributed by atoms with van der Waals surface area (Å²) in [6.45, 7) is 1.67. The predicted octanol–water partition coefficient (Wildman–Crippen LogP) is 3.94. The van der Waals surface area contributed by atoms with E-state index in [1.54, 1.807) is 19.1 Å². The van der Waals surface area contributed by atoms with Gasteiger partial charge in [-0.1, -0.05) is 41.6 Å². The second-order valence-corrected chi connectivity index (χ2v) is 6.91. The molecule has 4 rings (SSSR count). The number of ether oxygens (including phenoxy) is 1. The van der Waals surface area contributed by atoms with Crippen LogP contribution in [0, 0.1) is 6.92 Å². The van der Waals surface area contributed by atoms with Crippen LogP contribution < -0.4 is 16.3 Å². The van der Waals surface area contributed by atoms with Crippen molar-refractivity contribution in [3.05, 3.63) is 90.1 Å². The van der Waals surface area contributed by atoms with Crippen molar-refractivity contribution in [2.45, 2.75) is 13.5 Å². The number of aromatic nitrogens is 2. The normalized spacial score (nSPS) is 10.6. The molecule has 0 fully saturated rings. The first-order valence-electron chi connectivity index (χ1n) is 9.58. The van der Waals surface area contributed by atoms with Crippen molar-refractivity contribution in [3.63, 3.8) is 0 Å². The third-order valence-electron chi connectivity index (χ3n) is 4.59. The summed E-state index contributed by atoms with van der Waals surface area (Å²) >= 11 is 0. The number of rotatable bonds is 6. The molecular weight excluding hydrogens is 394 g/mol. The number of hydrogen-bond donors (Lipinski definition) is 2. The minimum atomic E-state index is -0.445. The molecule has 0 atom stereocenters. The molecule has 0 saturated carbocycles. The number of nitrogens with zero attached hydrogens (tertiary/aromatic N) is 3. The van der Waals surface area contributed by atoms with Crippen LogP contribution in [0.3, 0.4) is 0 Å². The first-order valence-corrected chi connectivity index (χ1v) is 9.58. The Morgan fingerprint density at radius 1 is 1.00 bits per heavy atom. The van der Waals surface area contributed by atoms with Crippen molar-refractivity contribution in [3.8, 4) is 22.6 Å². The molecule has 156 valence electrons. The molecular formula is C23H21N5O3. The Hall–Kier alpha value is -4.17. The predicted molar refractivity (Wildman–Crippen MR) is 116 cm³/mol. The summed E-state index contributed by atoms with van der Waals surface area (Å²) in [5, 5.41) is 4.69. The average Bonchev–Trinajstić information content (AvgIpc) is 3.19. The van der Waals surface area contributed by atoms with Crippen molar-refractivity contribution >= 4 is 11.6 Å². The zero-order valence-electron chi connectivity index (χ0n) is 16.9. The monoisotopic (exact) mass is 415 g/mol. The van der Waals surface area contributed by atoms with Crippen molar-refractivity contribution in [1.82, 2.24) is 15.1 Å². The molecule has 0 saturated heterocycles. The highest BCUT2D eigenvalue weighted by atomic mass is 16.5. The van der Waals surface area contributed by atoms with Gasteiger partial charge in [-0.3, -0.25) is 9.80 Å². The van der Waals surface area contributed by atoms with Gasteiger partial charge in [-0.25, -0.2) is 5.84 Å². The second kappa shape index (κ2) is 8.68. The molecule has 4 N–H and O–H groups in total. The lowest BCUT2D eigenvalue weighted by Crippen LogP contribution is -2.37. The summed E-state index contributed by atoms with van der Waals surface area (Å²) in [7, 11) is 0. The maximum Gasteiger partial charge on any atom is 0.270 e. The highest BCUT2D eigenvalue weighted by Crippen LogP contribution is 2.28. The van der Waals surface area contributed by atoms with Gasteiger partial charge in [0.25, 0.3) is 5.91 Å². The summed E-state index contributed by atoms with van der Waals surface area (Å²) in [4.78, 5) is 16.9. The van der Waals surface area contributed by atoms with Crippen molar-refractivity contribution in [2.24, 2.45) is 5.84 Å². The van der Waals surface area contributed by atoms with E-state index < -0.39 is 5.91 Å². The number of hydrogen-bond acceptors (Lipinski definition) is 7. The van der Waals surface area contributed by atoms with Crippen molar-refractivity contribution in [2.75, 3.05) is 5.73 Å². The molecule has 31 heavy (non-hydrogen) atoms. The maximum absolute atomic E-state index is 12.8. The number of carbonyl (C=O) groups is 1. The number of aryl methyl sites for hydroxylation is 1. The van der Waals surface area contributed by atoms with Gasteiger partial charge in [-0.05, 0) is 54.4 Å². The molecule has 1 heterocycles. The number of nitrogens with two attached hydrogens (primary N) is 2. The number of nitrogen functional groups attached to an aromatic ring is 1. The molecule has 8 heteroatoms. The fourth-order valence-corrected chi connectivity index (χ4v) is 3.04. The average molecular weight is 415 g/mol.